The smallest absolute Gasteiger partial charge is 0.252 e. The zero-order chi connectivity index (χ0) is 20.2. The van der Waals surface area contributed by atoms with Crippen molar-refractivity contribution in [1.29, 1.82) is 0 Å². The molecule has 4 aromatic rings. The maximum Gasteiger partial charge on any atom is 0.252 e. The van der Waals surface area contributed by atoms with Gasteiger partial charge >= 0.3 is 0 Å². The molecule has 1 amide bonds. The number of fused-ring (bicyclic) bond motifs is 1. The van der Waals surface area contributed by atoms with Gasteiger partial charge in [0.2, 0.25) is 0 Å². The lowest BCUT2D eigenvalue weighted by Crippen LogP contribution is -2.43. The van der Waals surface area contributed by atoms with Crippen LogP contribution in [0.2, 0.25) is 0 Å². The third kappa shape index (κ3) is 2.63. The number of pyridine rings is 2. The average molecular weight is 387 g/mol. The number of carbonyl (C=O) groups is 1. The van der Waals surface area contributed by atoms with E-state index in [1.165, 1.54) is 0 Å². The Hall–Kier alpha value is -3.55. The van der Waals surface area contributed by atoms with Crippen molar-refractivity contribution >= 4 is 11.6 Å². The molecule has 1 aliphatic carbocycles. The number of imidazole rings is 1. The lowest BCUT2D eigenvalue weighted by atomic mass is 9.59. The SMILES string of the molecule is CC1CC(c2cncc(-c3cn4cccc(C(N)=O)c4n3)c2)(c2nncn2C)C1. The van der Waals surface area contributed by atoms with Gasteiger partial charge in [0.1, 0.15) is 17.8 Å². The molecule has 0 saturated heterocycles. The molecule has 0 radical (unpaired) electrons. The highest BCUT2D eigenvalue weighted by Gasteiger charge is 2.48. The van der Waals surface area contributed by atoms with Crippen molar-refractivity contribution in [3.05, 3.63) is 66.3 Å². The fourth-order valence-corrected chi connectivity index (χ4v) is 4.58. The molecule has 0 aliphatic heterocycles. The van der Waals surface area contributed by atoms with Crippen molar-refractivity contribution < 1.29 is 4.79 Å². The van der Waals surface area contributed by atoms with Gasteiger partial charge in [0.25, 0.3) is 5.91 Å². The predicted molar refractivity (Wildman–Crippen MR) is 107 cm³/mol. The number of carbonyl (C=O) groups excluding carboxylic acids is 1. The van der Waals surface area contributed by atoms with Gasteiger partial charge in [-0.3, -0.25) is 9.78 Å². The monoisotopic (exact) mass is 387 g/mol. The Morgan fingerprint density at radius 3 is 2.83 bits per heavy atom. The second-order valence-electron chi connectivity index (χ2n) is 7.97. The first-order valence-electron chi connectivity index (χ1n) is 9.56. The van der Waals surface area contributed by atoms with Crippen LogP contribution in [0.15, 0.2) is 49.3 Å². The third-order valence-corrected chi connectivity index (χ3v) is 5.87. The van der Waals surface area contributed by atoms with Crippen LogP contribution in [0.25, 0.3) is 16.9 Å². The fraction of sp³-hybridized carbons (Fsp3) is 0.286. The van der Waals surface area contributed by atoms with E-state index in [0.29, 0.717) is 17.1 Å². The molecular formula is C21H21N7O. The van der Waals surface area contributed by atoms with E-state index in [1.54, 1.807) is 24.7 Å². The van der Waals surface area contributed by atoms with E-state index in [0.717, 1.165) is 35.5 Å². The minimum absolute atomic E-state index is 0.189. The Morgan fingerprint density at radius 1 is 1.31 bits per heavy atom. The highest BCUT2D eigenvalue weighted by atomic mass is 16.1. The molecule has 0 aromatic carbocycles. The normalized spacial score (nSPS) is 21.2. The molecule has 146 valence electrons. The van der Waals surface area contributed by atoms with Crippen molar-refractivity contribution in [3.63, 3.8) is 0 Å². The Labute approximate surface area is 167 Å². The van der Waals surface area contributed by atoms with Gasteiger partial charge in [-0.15, -0.1) is 10.2 Å². The number of hydrogen-bond donors (Lipinski definition) is 1. The summed E-state index contributed by atoms with van der Waals surface area (Å²) in [6, 6.07) is 5.59. The fourth-order valence-electron chi connectivity index (χ4n) is 4.58. The van der Waals surface area contributed by atoms with Crippen molar-refractivity contribution in [2.24, 2.45) is 18.7 Å². The van der Waals surface area contributed by atoms with Crippen LogP contribution < -0.4 is 5.73 Å². The van der Waals surface area contributed by atoms with E-state index >= 15 is 0 Å². The Kier molecular flexibility index (Phi) is 3.77. The Balaban J connectivity index is 1.62. The second kappa shape index (κ2) is 6.23. The van der Waals surface area contributed by atoms with E-state index in [4.69, 9.17) is 5.73 Å². The molecule has 0 spiro atoms. The molecule has 29 heavy (non-hydrogen) atoms. The molecule has 5 rings (SSSR count). The van der Waals surface area contributed by atoms with Crippen LogP contribution in [-0.4, -0.2) is 35.0 Å². The summed E-state index contributed by atoms with van der Waals surface area (Å²) in [6.07, 6.45) is 11.2. The van der Waals surface area contributed by atoms with Crippen LogP contribution in [0.4, 0.5) is 0 Å². The number of rotatable bonds is 4. The number of nitrogens with zero attached hydrogens (tertiary/aromatic N) is 6. The molecule has 8 heteroatoms. The van der Waals surface area contributed by atoms with Crippen LogP contribution >= 0.6 is 0 Å². The maximum atomic E-state index is 11.7. The van der Waals surface area contributed by atoms with Crippen LogP contribution in [0.5, 0.6) is 0 Å². The molecule has 1 fully saturated rings. The van der Waals surface area contributed by atoms with E-state index in [2.05, 4.69) is 33.2 Å². The van der Waals surface area contributed by atoms with Crippen LogP contribution in [0, 0.1) is 5.92 Å². The minimum atomic E-state index is -0.496. The van der Waals surface area contributed by atoms with Crippen LogP contribution in [0.3, 0.4) is 0 Å². The number of aromatic nitrogens is 6. The summed E-state index contributed by atoms with van der Waals surface area (Å²) in [7, 11) is 1.98. The Morgan fingerprint density at radius 2 is 2.14 bits per heavy atom. The summed E-state index contributed by atoms with van der Waals surface area (Å²) < 4.78 is 3.80. The lowest BCUT2D eigenvalue weighted by molar-refractivity contribution is 0.100. The Bertz CT molecular complexity index is 1230. The maximum absolute atomic E-state index is 11.7. The van der Waals surface area contributed by atoms with Gasteiger partial charge in [0, 0.05) is 37.4 Å². The van der Waals surface area contributed by atoms with Crippen molar-refractivity contribution in [1.82, 2.24) is 29.1 Å². The van der Waals surface area contributed by atoms with Crippen LogP contribution in [-0.2, 0) is 12.5 Å². The van der Waals surface area contributed by atoms with Gasteiger partial charge < -0.3 is 14.7 Å². The average Bonchev–Trinajstić information content (AvgIpc) is 3.31. The zero-order valence-electron chi connectivity index (χ0n) is 16.3. The number of primary amides is 1. The third-order valence-electron chi connectivity index (χ3n) is 5.87. The topological polar surface area (TPSA) is 104 Å². The number of aryl methyl sites for hydroxylation is 1. The zero-order valence-corrected chi connectivity index (χ0v) is 16.3. The summed E-state index contributed by atoms with van der Waals surface area (Å²) in [5.74, 6) is 1.08. The molecule has 2 N–H and O–H groups in total. The summed E-state index contributed by atoms with van der Waals surface area (Å²) in [5.41, 5.74) is 8.99. The summed E-state index contributed by atoms with van der Waals surface area (Å²) in [4.78, 5) is 20.9. The first-order valence-corrected chi connectivity index (χ1v) is 9.56. The van der Waals surface area contributed by atoms with Crippen molar-refractivity contribution in [3.8, 4) is 11.3 Å². The highest BCUT2D eigenvalue weighted by Crippen LogP contribution is 2.51. The minimum Gasteiger partial charge on any atom is -0.365 e. The van der Waals surface area contributed by atoms with Gasteiger partial charge in [0.05, 0.1) is 16.7 Å². The van der Waals surface area contributed by atoms with Crippen molar-refractivity contribution in [2.75, 3.05) is 0 Å². The van der Waals surface area contributed by atoms with E-state index in [1.807, 2.05) is 34.6 Å². The number of amides is 1. The van der Waals surface area contributed by atoms with Crippen molar-refractivity contribution in [2.45, 2.75) is 25.2 Å². The van der Waals surface area contributed by atoms with Gasteiger partial charge in [-0.05, 0) is 42.5 Å². The first kappa shape index (κ1) is 17.5. The van der Waals surface area contributed by atoms with E-state index in [-0.39, 0.29) is 5.41 Å². The summed E-state index contributed by atoms with van der Waals surface area (Å²) >= 11 is 0. The number of hydrogen-bond acceptors (Lipinski definition) is 5. The molecule has 0 unspecified atom stereocenters. The van der Waals surface area contributed by atoms with Gasteiger partial charge in [-0.25, -0.2) is 4.98 Å². The molecule has 4 aromatic heterocycles. The second-order valence-corrected chi connectivity index (χ2v) is 7.97. The first-order chi connectivity index (χ1) is 14.0. The highest BCUT2D eigenvalue weighted by molar-refractivity contribution is 5.98. The van der Waals surface area contributed by atoms with Gasteiger partial charge in [0.15, 0.2) is 0 Å². The van der Waals surface area contributed by atoms with Crippen LogP contribution in [0.1, 0.15) is 41.5 Å². The van der Waals surface area contributed by atoms with Gasteiger partial charge in [-0.1, -0.05) is 6.92 Å². The molecule has 1 saturated carbocycles. The molecule has 4 heterocycles. The predicted octanol–water partition coefficient (Wildman–Crippen LogP) is 2.34. The van der Waals surface area contributed by atoms with E-state index < -0.39 is 5.91 Å². The molecule has 0 atom stereocenters. The quantitative estimate of drug-likeness (QED) is 0.579. The van der Waals surface area contributed by atoms with E-state index in [9.17, 15) is 4.79 Å². The molecular weight excluding hydrogens is 366 g/mol. The lowest BCUT2D eigenvalue weighted by Gasteiger charge is -2.45. The largest absolute Gasteiger partial charge is 0.365 e. The van der Waals surface area contributed by atoms with Gasteiger partial charge in [-0.2, -0.15) is 0 Å². The molecule has 1 aliphatic rings. The molecule has 8 nitrogen and oxygen atoms in total. The summed E-state index contributed by atoms with van der Waals surface area (Å²) in [5, 5.41) is 8.49. The number of nitrogens with two attached hydrogens (primary N) is 1. The standard InChI is InChI=1S/C21H21N7O/c1-13-7-21(8-13,20-26-24-12-27(20)2)15-6-14(9-23-10-15)17-11-28-5-3-4-16(18(22)29)19(28)25-17/h3-6,9-13H,7-8H2,1-2H3,(H2,22,29). The molecule has 0 bridgehead atoms. The summed E-state index contributed by atoms with van der Waals surface area (Å²) in [6.45, 7) is 2.25.